The molecule has 80 valence electrons. The number of hydrogen-bond donors (Lipinski definition) is 1. The van der Waals surface area contributed by atoms with Gasteiger partial charge in [-0.1, -0.05) is 25.2 Å². The highest BCUT2D eigenvalue weighted by Crippen LogP contribution is 2.25. The molecule has 0 fully saturated rings. The Hall–Kier alpha value is -1.36. The van der Waals surface area contributed by atoms with E-state index in [2.05, 4.69) is 18.8 Å². The van der Waals surface area contributed by atoms with E-state index in [9.17, 15) is 4.79 Å². The topological polar surface area (TPSA) is 54.6 Å². The van der Waals surface area contributed by atoms with Crippen molar-refractivity contribution in [3.63, 3.8) is 0 Å². The summed E-state index contributed by atoms with van der Waals surface area (Å²) in [5, 5.41) is 8.84. The number of aromatic nitrogens is 2. The molecule has 2 aromatic rings. The number of nitrogens with zero attached hydrogens (tertiary/aromatic N) is 2. The SMILES string of the molecule is Cc1c(C(C)C)nc2sc(C(=O)O)cn12. The van der Waals surface area contributed by atoms with E-state index in [0.717, 1.165) is 16.3 Å². The Labute approximate surface area is 91.2 Å². The first-order valence-corrected chi connectivity index (χ1v) is 5.54. The van der Waals surface area contributed by atoms with Crippen molar-refractivity contribution in [1.82, 2.24) is 9.38 Å². The minimum atomic E-state index is -0.893. The summed E-state index contributed by atoms with van der Waals surface area (Å²) in [4.78, 5) is 16.3. The minimum Gasteiger partial charge on any atom is -0.477 e. The number of carbonyl (C=O) groups is 1. The fraction of sp³-hybridized carbons (Fsp3) is 0.400. The molecular formula is C10H12N2O2S. The second kappa shape index (κ2) is 3.34. The van der Waals surface area contributed by atoms with Crippen LogP contribution in [0.4, 0.5) is 0 Å². The van der Waals surface area contributed by atoms with Crippen molar-refractivity contribution >= 4 is 22.3 Å². The summed E-state index contributed by atoms with van der Waals surface area (Å²) in [6, 6.07) is 0. The van der Waals surface area contributed by atoms with Crippen molar-refractivity contribution in [3.8, 4) is 0 Å². The molecule has 4 nitrogen and oxygen atoms in total. The molecule has 0 bridgehead atoms. The maximum absolute atomic E-state index is 10.8. The molecule has 0 aromatic carbocycles. The van der Waals surface area contributed by atoms with Crippen LogP contribution in [0.3, 0.4) is 0 Å². The van der Waals surface area contributed by atoms with Crippen molar-refractivity contribution in [2.75, 3.05) is 0 Å². The number of carboxylic acids is 1. The molecule has 0 radical (unpaired) electrons. The number of rotatable bonds is 2. The van der Waals surface area contributed by atoms with Crippen molar-refractivity contribution in [3.05, 3.63) is 22.5 Å². The predicted octanol–water partition coefficient (Wildman–Crippen LogP) is 2.53. The van der Waals surface area contributed by atoms with Gasteiger partial charge in [-0.05, 0) is 12.8 Å². The number of fused-ring (bicyclic) bond motifs is 1. The van der Waals surface area contributed by atoms with Gasteiger partial charge in [-0.3, -0.25) is 4.40 Å². The molecular weight excluding hydrogens is 212 g/mol. The highest BCUT2D eigenvalue weighted by Gasteiger charge is 2.16. The zero-order valence-electron chi connectivity index (χ0n) is 8.81. The first-order valence-electron chi connectivity index (χ1n) is 4.72. The van der Waals surface area contributed by atoms with Gasteiger partial charge in [0, 0.05) is 11.9 Å². The summed E-state index contributed by atoms with van der Waals surface area (Å²) in [6.07, 6.45) is 1.64. The first-order chi connectivity index (χ1) is 7.00. The van der Waals surface area contributed by atoms with Crippen LogP contribution in [-0.4, -0.2) is 20.5 Å². The molecule has 2 heterocycles. The third-order valence-corrected chi connectivity index (χ3v) is 3.33. The van der Waals surface area contributed by atoms with Crippen molar-refractivity contribution < 1.29 is 9.90 Å². The molecule has 5 heteroatoms. The average Bonchev–Trinajstić information content (AvgIpc) is 2.65. The van der Waals surface area contributed by atoms with Crippen LogP contribution in [0, 0.1) is 6.92 Å². The fourth-order valence-electron chi connectivity index (χ4n) is 1.62. The molecule has 2 aromatic heterocycles. The van der Waals surface area contributed by atoms with Gasteiger partial charge in [0.2, 0.25) is 0 Å². The lowest BCUT2D eigenvalue weighted by Gasteiger charge is -2.00. The van der Waals surface area contributed by atoms with Crippen LogP contribution in [0.1, 0.15) is 40.8 Å². The Morgan fingerprint density at radius 2 is 2.27 bits per heavy atom. The smallest absolute Gasteiger partial charge is 0.347 e. The van der Waals surface area contributed by atoms with Crippen LogP contribution in [0.2, 0.25) is 0 Å². The standard InChI is InChI=1S/C10H12N2O2S/c1-5(2)8-6(3)12-4-7(9(13)14)15-10(12)11-8/h4-5H,1-3H3,(H,13,14). The van der Waals surface area contributed by atoms with Gasteiger partial charge < -0.3 is 5.11 Å². The summed E-state index contributed by atoms with van der Waals surface area (Å²) >= 11 is 1.21. The maximum Gasteiger partial charge on any atom is 0.347 e. The molecule has 0 aliphatic carbocycles. The number of aryl methyl sites for hydroxylation is 1. The van der Waals surface area contributed by atoms with Crippen LogP contribution in [-0.2, 0) is 0 Å². The van der Waals surface area contributed by atoms with Crippen molar-refractivity contribution in [2.24, 2.45) is 0 Å². The van der Waals surface area contributed by atoms with E-state index in [0.29, 0.717) is 10.8 Å². The van der Waals surface area contributed by atoms with Crippen LogP contribution in [0.15, 0.2) is 6.20 Å². The maximum atomic E-state index is 10.8. The zero-order valence-corrected chi connectivity index (χ0v) is 9.63. The van der Waals surface area contributed by atoms with Gasteiger partial charge in [0.25, 0.3) is 0 Å². The third-order valence-electron chi connectivity index (χ3n) is 2.36. The van der Waals surface area contributed by atoms with Crippen LogP contribution in [0.25, 0.3) is 4.96 Å². The molecule has 0 unspecified atom stereocenters. The molecule has 0 amide bonds. The van der Waals surface area contributed by atoms with Gasteiger partial charge in [-0.15, -0.1) is 0 Å². The summed E-state index contributed by atoms with van der Waals surface area (Å²) in [5.41, 5.74) is 2.07. The van der Waals surface area contributed by atoms with E-state index >= 15 is 0 Å². The molecule has 1 N–H and O–H groups in total. The monoisotopic (exact) mass is 224 g/mol. The highest BCUT2D eigenvalue weighted by atomic mass is 32.1. The first kappa shape index (κ1) is 10.2. The van der Waals surface area contributed by atoms with Crippen molar-refractivity contribution in [2.45, 2.75) is 26.7 Å². The summed E-state index contributed by atoms with van der Waals surface area (Å²) in [7, 11) is 0. The Bertz CT molecular complexity index is 525. The van der Waals surface area contributed by atoms with E-state index in [-0.39, 0.29) is 0 Å². The molecule has 0 saturated carbocycles. The largest absolute Gasteiger partial charge is 0.477 e. The van der Waals surface area contributed by atoms with Gasteiger partial charge in [-0.2, -0.15) is 0 Å². The van der Waals surface area contributed by atoms with Gasteiger partial charge in [0.15, 0.2) is 4.96 Å². The van der Waals surface area contributed by atoms with Gasteiger partial charge in [0.1, 0.15) is 4.88 Å². The molecule has 0 aliphatic rings. The van der Waals surface area contributed by atoms with E-state index in [1.807, 2.05) is 11.3 Å². The molecule has 0 aliphatic heterocycles. The fourth-order valence-corrected chi connectivity index (χ4v) is 2.49. The van der Waals surface area contributed by atoms with Gasteiger partial charge >= 0.3 is 5.97 Å². The number of carboxylic acid groups (broad SMARTS) is 1. The Morgan fingerprint density at radius 3 is 2.73 bits per heavy atom. The van der Waals surface area contributed by atoms with E-state index < -0.39 is 5.97 Å². The summed E-state index contributed by atoms with van der Waals surface area (Å²) in [6.45, 7) is 6.13. The van der Waals surface area contributed by atoms with E-state index in [1.165, 1.54) is 11.3 Å². The number of aromatic carboxylic acids is 1. The highest BCUT2D eigenvalue weighted by molar-refractivity contribution is 7.18. The van der Waals surface area contributed by atoms with Crippen LogP contribution < -0.4 is 0 Å². The number of hydrogen-bond acceptors (Lipinski definition) is 3. The second-order valence-electron chi connectivity index (χ2n) is 3.79. The number of imidazole rings is 1. The van der Waals surface area contributed by atoms with Crippen LogP contribution in [0.5, 0.6) is 0 Å². The van der Waals surface area contributed by atoms with Gasteiger partial charge in [0.05, 0.1) is 5.69 Å². The van der Waals surface area contributed by atoms with E-state index in [1.54, 1.807) is 6.20 Å². The zero-order chi connectivity index (χ0) is 11.2. The third kappa shape index (κ3) is 1.52. The summed E-state index contributed by atoms with van der Waals surface area (Å²) in [5.74, 6) is -0.527. The minimum absolute atomic E-state index is 0.330. The van der Waals surface area contributed by atoms with Crippen molar-refractivity contribution in [1.29, 1.82) is 0 Å². The Kier molecular flexibility index (Phi) is 2.26. The summed E-state index contributed by atoms with van der Waals surface area (Å²) < 4.78 is 1.85. The second-order valence-corrected chi connectivity index (χ2v) is 4.80. The lowest BCUT2D eigenvalue weighted by molar-refractivity contribution is 0.0702. The quantitative estimate of drug-likeness (QED) is 0.852. The lowest BCUT2D eigenvalue weighted by atomic mass is 10.1. The van der Waals surface area contributed by atoms with Crippen LogP contribution >= 0.6 is 11.3 Å². The van der Waals surface area contributed by atoms with Gasteiger partial charge in [-0.25, -0.2) is 9.78 Å². The molecule has 2 rings (SSSR count). The lowest BCUT2D eigenvalue weighted by Crippen LogP contribution is -1.94. The Morgan fingerprint density at radius 1 is 1.60 bits per heavy atom. The van der Waals surface area contributed by atoms with E-state index in [4.69, 9.17) is 5.11 Å². The Balaban J connectivity index is 2.62. The predicted molar refractivity (Wildman–Crippen MR) is 58.9 cm³/mol. The number of thiazole rings is 1. The molecule has 15 heavy (non-hydrogen) atoms. The normalized spacial score (nSPS) is 11.5. The molecule has 0 spiro atoms. The molecule has 0 atom stereocenters. The molecule has 0 saturated heterocycles. The average molecular weight is 224 g/mol.